The second kappa shape index (κ2) is 9.45. The Kier molecular flexibility index (Phi) is 6.74. The minimum atomic E-state index is -4.52. The molecule has 1 aromatic heterocycles. The molecule has 0 amide bonds. The van der Waals surface area contributed by atoms with Crippen molar-refractivity contribution in [1.82, 2.24) is 14.8 Å². The quantitative estimate of drug-likeness (QED) is 0.490. The first-order valence-corrected chi connectivity index (χ1v) is 9.25. The van der Waals surface area contributed by atoms with Crippen molar-refractivity contribution in [3.63, 3.8) is 0 Å². The van der Waals surface area contributed by atoms with Crippen LogP contribution < -0.4 is 9.47 Å². The summed E-state index contributed by atoms with van der Waals surface area (Å²) in [5.74, 6) is 0.495. The van der Waals surface area contributed by atoms with Gasteiger partial charge in [0.05, 0.1) is 13.7 Å². The highest BCUT2D eigenvalue weighted by Crippen LogP contribution is 2.25. The molecule has 0 bridgehead atoms. The molecule has 1 heterocycles. The number of alkyl halides is 3. The van der Waals surface area contributed by atoms with Crippen molar-refractivity contribution in [2.24, 2.45) is 0 Å². The predicted octanol–water partition coefficient (Wildman–Crippen LogP) is 4.56. The predicted molar refractivity (Wildman–Crippen MR) is 102 cm³/mol. The van der Waals surface area contributed by atoms with E-state index in [4.69, 9.17) is 9.47 Å². The summed E-state index contributed by atoms with van der Waals surface area (Å²) in [5.41, 5.74) is 2.21. The molecule has 0 fully saturated rings. The third-order valence-electron chi connectivity index (χ3n) is 4.38. The van der Waals surface area contributed by atoms with Gasteiger partial charge in [-0.05, 0) is 54.7 Å². The van der Waals surface area contributed by atoms with Crippen molar-refractivity contribution >= 4 is 0 Å². The lowest BCUT2D eigenvalue weighted by Crippen LogP contribution is -2.09. The summed E-state index contributed by atoms with van der Waals surface area (Å²) in [6, 6.07) is 15.5. The Hall–Kier alpha value is -3.03. The van der Waals surface area contributed by atoms with Crippen LogP contribution in [-0.4, -0.2) is 28.5 Å². The molecule has 0 saturated carbocycles. The molecule has 0 radical (unpaired) electrons. The number of hydrogen-bond donors (Lipinski definition) is 0. The molecule has 3 rings (SSSR count). The third kappa shape index (κ3) is 6.23. The molecule has 2 aromatic carbocycles. The molecule has 0 aliphatic carbocycles. The van der Waals surface area contributed by atoms with Crippen LogP contribution in [0.3, 0.4) is 0 Å². The molecule has 154 valence electrons. The van der Waals surface area contributed by atoms with E-state index in [1.54, 1.807) is 7.11 Å². The maximum Gasteiger partial charge on any atom is 0.453 e. The summed E-state index contributed by atoms with van der Waals surface area (Å²) >= 11 is 0. The maximum atomic E-state index is 12.5. The second-order valence-electron chi connectivity index (χ2n) is 6.52. The smallest absolute Gasteiger partial charge is 0.453 e. The van der Waals surface area contributed by atoms with Crippen molar-refractivity contribution in [3.05, 3.63) is 71.8 Å². The van der Waals surface area contributed by atoms with E-state index in [0.29, 0.717) is 19.6 Å². The number of ether oxygens (including phenoxy) is 2. The molecule has 3 aromatic rings. The van der Waals surface area contributed by atoms with Gasteiger partial charge in [0, 0.05) is 6.54 Å². The molecule has 5 nitrogen and oxygen atoms in total. The van der Waals surface area contributed by atoms with Gasteiger partial charge in [-0.25, -0.2) is 4.98 Å². The van der Waals surface area contributed by atoms with Crippen LogP contribution in [0.15, 0.2) is 54.9 Å². The second-order valence-corrected chi connectivity index (χ2v) is 6.52. The normalized spacial score (nSPS) is 11.4. The average Bonchev–Trinajstić information content (AvgIpc) is 3.21. The van der Waals surface area contributed by atoms with E-state index < -0.39 is 12.0 Å². The van der Waals surface area contributed by atoms with Gasteiger partial charge in [-0.1, -0.05) is 24.3 Å². The van der Waals surface area contributed by atoms with Crippen molar-refractivity contribution < 1.29 is 22.6 Å². The van der Waals surface area contributed by atoms with E-state index in [-0.39, 0.29) is 0 Å². The van der Waals surface area contributed by atoms with Gasteiger partial charge in [-0.3, -0.25) is 4.68 Å². The van der Waals surface area contributed by atoms with Gasteiger partial charge < -0.3 is 9.47 Å². The third-order valence-corrected chi connectivity index (χ3v) is 4.38. The Bertz CT molecular complexity index is 891. The van der Waals surface area contributed by atoms with Crippen LogP contribution in [-0.2, 0) is 25.6 Å². The van der Waals surface area contributed by atoms with E-state index in [2.05, 4.69) is 10.1 Å². The van der Waals surface area contributed by atoms with Gasteiger partial charge in [0.2, 0.25) is 0 Å². The van der Waals surface area contributed by atoms with Crippen molar-refractivity contribution in [2.75, 3.05) is 13.7 Å². The van der Waals surface area contributed by atoms with Gasteiger partial charge in [0.15, 0.2) is 0 Å². The summed E-state index contributed by atoms with van der Waals surface area (Å²) < 4.78 is 49.6. The molecule has 0 aliphatic heterocycles. The molecule has 0 N–H and O–H groups in total. The minimum Gasteiger partial charge on any atom is -0.497 e. The lowest BCUT2D eigenvalue weighted by molar-refractivity contribution is -0.145. The van der Waals surface area contributed by atoms with Crippen LogP contribution in [0.4, 0.5) is 13.2 Å². The fourth-order valence-corrected chi connectivity index (χ4v) is 2.79. The van der Waals surface area contributed by atoms with Crippen LogP contribution in [0, 0.1) is 0 Å². The monoisotopic (exact) mass is 405 g/mol. The number of aryl methyl sites for hydroxylation is 3. The van der Waals surface area contributed by atoms with E-state index in [1.165, 1.54) is 10.2 Å². The van der Waals surface area contributed by atoms with E-state index >= 15 is 0 Å². The Morgan fingerprint density at radius 1 is 0.897 bits per heavy atom. The fourth-order valence-electron chi connectivity index (χ4n) is 2.79. The number of rotatable bonds is 9. The molecule has 0 aliphatic rings. The highest BCUT2D eigenvalue weighted by molar-refractivity contribution is 5.28. The SMILES string of the molecule is COc1ccc(CCCOc2ccc(CCn3cnc(C(F)(F)F)n3)cc2)cc1. The van der Waals surface area contributed by atoms with E-state index in [9.17, 15) is 13.2 Å². The largest absolute Gasteiger partial charge is 0.497 e. The number of methoxy groups -OCH3 is 1. The Labute approximate surface area is 167 Å². The summed E-state index contributed by atoms with van der Waals surface area (Å²) in [6.45, 7) is 0.926. The average molecular weight is 405 g/mol. The number of benzene rings is 2. The summed E-state index contributed by atoms with van der Waals surface area (Å²) in [7, 11) is 1.65. The van der Waals surface area contributed by atoms with E-state index in [0.717, 1.165) is 36.2 Å². The Morgan fingerprint density at radius 3 is 2.10 bits per heavy atom. The van der Waals surface area contributed by atoms with Crippen LogP contribution >= 0.6 is 0 Å². The first-order chi connectivity index (χ1) is 13.9. The highest BCUT2D eigenvalue weighted by atomic mass is 19.4. The molecule has 8 heteroatoms. The molecule has 0 saturated heterocycles. The van der Waals surface area contributed by atoms with Crippen molar-refractivity contribution in [1.29, 1.82) is 0 Å². The zero-order chi connectivity index (χ0) is 20.7. The first-order valence-electron chi connectivity index (χ1n) is 9.25. The summed E-state index contributed by atoms with van der Waals surface area (Å²) in [6.07, 6.45) is -1.05. The molecule has 0 unspecified atom stereocenters. The van der Waals surface area contributed by atoms with E-state index in [1.807, 2.05) is 48.5 Å². The Balaban J connectivity index is 1.39. The van der Waals surface area contributed by atoms with Gasteiger partial charge in [0.1, 0.15) is 17.8 Å². The fraction of sp³-hybridized carbons (Fsp3) is 0.333. The van der Waals surface area contributed by atoms with Crippen LogP contribution in [0.2, 0.25) is 0 Å². The summed E-state index contributed by atoms with van der Waals surface area (Å²) in [5, 5.41) is 3.45. The molecule has 0 atom stereocenters. The topological polar surface area (TPSA) is 49.2 Å². The number of halogens is 3. The minimum absolute atomic E-state index is 0.325. The van der Waals surface area contributed by atoms with Gasteiger partial charge in [-0.2, -0.15) is 13.2 Å². The number of aromatic nitrogens is 3. The first kappa shape index (κ1) is 20.7. The maximum absolute atomic E-state index is 12.5. The Morgan fingerprint density at radius 2 is 1.52 bits per heavy atom. The lowest BCUT2D eigenvalue weighted by atomic mass is 10.1. The molecule has 29 heavy (non-hydrogen) atoms. The van der Waals surface area contributed by atoms with Gasteiger partial charge in [-0.15, -0.1) is 5.10 Å². The molecule has 0 spiro atoms. The zero-order valence-electron chi connectivity index (χ0n) is 16.0. The molecular formula is C21H22F3N3O2. The molecular weight excluding hydrogens is 383 g/mol. The standard InChI is InChI=1S/C21H22F3N3O2/c1-28-18-8-4-16(5-9-18)3-2-14-29-19-10-6-17(7-11-19)12-13-27-15-25-20(26-27)21(22,23)24/h4-11,15H,2-3,12-14H2,1H3. The summed E-state index contributed by atoms with van der Waals surface area (Å²) in [4.78, 5) is 3.29. The van der Waals surface area contributed by atoms with Crippen LogP contribution in [0.5, 0.6) is 11.5 Å². The number of nitrogens with zero attached hydrogens (tertiary/aromatic N) is 3. The lowest BCUT2D eigenvalue weighted by Gasteiger charge is -2.08. The van der Waals surface area contributed by atoms with Crippen LogP contribution in [0.25, 0.3) is 0 Å². The number of hydrogen-bond acceptors (Lipinski definition) is 4. The van der Waals surface area contributed by atoms with Crippen LogP contribution in [0.1, 0.15) is 23.4 Å². The van der Waals surface area contributed by atoms with Crippen molar-refractivity contribution in [2.45, 2.75) is 32.0 Å². The van der Waals surface area contributed by atoms with Gasteiger partial charge in [0.25, 0.3) is 5.82 Å². The van der Waals surface area contributed by atoms with Gasteiger partial charge >= 0.3 is 6.18 Å². The zero-order valence-corrected chi connectivity index (χ0v) is 16.0. The van der Waals surface area contributed by atoms with Crippen molar-refractivity contribution in [3.8, 4) is 11.5 Å². The highest BCUT2D eigenvalue weighted by Gasteiger charge is 2.35.